The van der Waals surface area contributed by atoms with Gasteiger partial charge in [-0.15, -0.1) is 0 Å². The van der Waals surface area contributed by atoms with Crippen molar-refractivity contribution in [1.29, 1.82) is 0 Å². The molecule has 120 valence electrons. The van der Waals surface area contributed by atoms with Gasteiger partial charge in [-0.25, -0.2) is 4.79 Å². The first-order valence-corrected chi connectivity index (χ1v) is 7.95. The van der Waals surface area contributed by atoms with Gasteiger partial charge in [0.15, 0.2) is 6.10 Å². The number of ether oxygens (including phenoxy) is 2. The second kappa shape index (κ2) is 8.66. The summed E-state index contributed by atoms with van der Waals surface area (Å²) in [6, 6.07) is 0. The molecule has 0 aliphatic heterocycles. The van der Waals surface area contributed by atoms with Crippen molar-refractivity contribution in [2.75, 3.05) is 0 Å². The fourth-order valence-corrected chi connectivity index (χ4v) is 2.04. The molecule has 0 saturated carbocycles. The van der Waals surface area contributed by atoms with Crippen molar-refractivity contribution in [2.24, 2.45) is 11.8 Å². The van der Waals surface area contributed by atoms with Crippen LogP contribution in [0.3, 0.4) is 0 Å². The highest BCUT2D eigenvalue weighted by Gasteiger charge is 2.24. The van der Waals surface area contributed by atoms with Gasteiger partial charge in [0.25, 0.3) is 0 Å². The third-order valence-corrected chi connectivity index (χ3v) is 3.82. The molecule has 0 aliphatic carbocycles. The Hall–Kier alpha value is -0.570. The normalized spacial score (nSPS) is 18.2. The van der Waals surface area contributed by atoms with E-state index in [2.05, 4.69) is 20.8 Å². The summed E-state index contributed by atoms with van der Waals surface area (Å²) < 4.78 is 11.1. The summed E-state index contributed by atoms with van der Waals surface area (Å²) in [4.78, 5) is 11.8. The van der Waals surface area contributed by atoms with Crippen LogP contribution >= 0.6 is 0 Å². The van der Waals surface area contributed by atoms with Gasteiger partial charge in [0.1, 0.15) is 5.60 Å². The quantitative estimate of drug-likeness (QED) is 0.612. The topological polar surface area (TPSA) is 35.5 Å². The Labute approximate surface area is 125 Å². The average Bonchev–Trinajstić information content (AvgIpc) is 2.32. The lowest BCUT2D eigenvalue weighted by Crippen LogP contribution is -2.33. The van der Waals surface area contributed by atoms with Gasteiger partial charge in [-0.1, -0.05) is 27.2 Å². The van der Waals surface area contributed by atoms with E-state index in [9.17, 15) is 4.79 Å². The summed E-state index contributed by atoms with van der Waals surface area (Å²) >= 11 is 0. The number of esters is 1. The van der Waals surface area contributed by atoms with Gasteiger partial charge in [-0.05, 0) is 59.3 Å². The van der Waals surface area contributed by atoms with E-state index in [-0.39, 0.29) is 12.1 Å². The zero-order valence-electron chi connectivity index (χ0n) is 14.7. The average molecular weight is 286 g/mol. The van der Waals surface area contributed by atoms with Crippen LogP contribution in [0.1, 0.15) is 74.7 Å². The molecule has 0 aromatic heterocycles. The Morgan fingerprint density at radius 2 is 1.55 bits per heavy atom. The molecule has 0 aliphatic rings. The predicted octanol–water partition coefficient (Wildman–Crippen LogP) is 4.58. The smallest absolute Gasteiger partial charge is 0.335 e. The largest absolute Gasteiger partial charge is 0.458 e. The van der Waals surface area contributed by atoms with Gasteiger partial charge in [0.05, 0.1) is 6.10 Å². The molecule has 0 radical (unpaired) electrons. The van der Waals surface area contributed by atoms with Crippen LogP contribution in [-0.4, -0.2) is 23.8 Å². The second-order valence-electron chi connectivity index (χ2n) is 7.06. The molecule has 0 aromatic carbocycles. The Bertz CT molecular complexity index is 280. The maximum Gasteiger partial charge on any atom is 0.335 e. The Balaban J connectivity index is 4.07. The SMILES string of the molecule is CCC(C)C(C)CCC(C)OC(C)C(=O)OC(C)(C)C. The molecule has 4 unspecified atom stereocenters. The third kappa shape index (κ3) is 8.57. The summed E-state index contributed by atoms with van der Waals surface area (Å²) in [5.74, 6) is 1.16. The van der Waals surface area contributed by atoms with Gasteiger partial charge in [0, 0.05) is 0 Å². The highest BCUT2D eigenvalue weighted by Crippen LogP contribution is 2.21. The molecule has 0 fully saturated rings. The molecule has 0 amide bonds. The summed E-state index contributed by atoms with van der Waals surface area (Å²) in [5.41, 5.74) is -0.455. The summed E-state index contributed by atoms with van der Waals surface area (Å²) in [6.45, 7) is 16.2. The van der Waals surface area contributed by atoms with Crippen molar-refractivity contribution in [1.82, 2.24) is 0 Å². The molecule has 20 heavy (non-hydrogen) atoms. The van der Waals surface area contributed by atoms with Crippen LogP contribution in [0.4, 0.5) is 0 Å². The minimum Gasteiger partial charge on any atom is -0.458 e. The van der Waals surface area contributed by atoms with E-state index in [1.54, 1.807) is 6.92 Å². The summed E-state index contributed by atoms with van der Waals surface area (Å²) in [5, 5.41) is 0. The van der Waals surface area contributed by atoms with Gasteiger partial charge >= 0.3 is 5.97 Å². The van der Waals surface area contributed by atoms with Crippen molar-refractivity contribution < 1.29 is 14.3 Å². The number of hydrogen-bond donors (Lipinski definition) is 0. The molecule has 3 heteroatoms. The Morgan fingerprint density at radius 1 is 1.00 bits per heavy atom. The standard InChI is InChI=1S/C17H34O3/c1-9-12(2)13(3)10-11-14(4)19-15(5)16(18)20-17(6,7)8/h12-15H,9-11H2,1-8H3. The molecule has 0 rings (SSSR count). The van der Waals surface area contributed by atoms with Gasteiger partial charge in [0.2, 0.25) is 0 Å². The van der Waals surface area contributed by atoms with E-state index in [1.165, 1.54) is 6.42 Å². The van der Waals surface area contributed by atoms with Crippen molar-refractivity contribution in [3.05, 3.63) is 0 Å². The first-order valence-electron chi connectivity index (χ1n) is 7.95. The predicted molar refractivity (Wildman–Crippen MR) is 83.7 cm³/mol. The lowest BCUT2D eigenvalue weighted by atomic mass is 9.89. The molecule has 3 nitrogen and oxygen atoms in total. The van der Waals surface area contributed by atoms with Crippen LogP contribution < -0.4 is 0 Å². The van der Waals surface area contributed by atoms with Crippen molar-refractivity contribution in [3.8, 4) is 0 Å². The molecule has 4 atom stereocenters. The van der Waals surface area contributed by atoms with Crippen LogP contribution in [0, 0.1) is 11.8 Å². The third-order valence-electron chi connectivity index (χ3n) is 3.82. The van der Waals surface area contributed by atoms with Crippen LogP contribution in [-0.2, 0) is 14.3 Å². The number of hydrogen-bond acceptors (Lipinski definition) is 3. The van der Waals surface area contributed by atoms with E-state index in [4.69, 9.17) is 9.47 Å². The lowest BCUT2D eigenvalue weighted by Gasteiger charge is -2.25. The van der Waals surface area contributed by atoms with E-state index in [1.807, 2.05) is 27.7 Å². The lowest BCUT2D eigenvalue weighted by molar-refractivity contribution is -0.170. The van der Waals surface area contributed by atoms with Crippen LogP contribution in [0.5, 0.6) is 0 Å². The molecular formula is C17H34O3. The highest BCUT2D eigenvalue weighted by atomic mass is 16.6. The minimum absolute atomic E-state index is 0.0871. The fourth-order valence-electron chi connectivity index (χ4n) is 2.04. The van der Waals surface area contributed by atoms with Gasteiger partial charge in [-0.3, -0.25) is 0 Å². The first-order chi connectivity index (χ1) is 9.06. The first kappa shape index (κ1) is 19.4. The van der Waals surface area contributed by atoms with Crippen molar-refractivity contribution >= 4 is 5.97 Å². The number of carbonyl (C=O) groups excluding carboxylic acids is 1. The molecule has 0 saturated heterocycles. The van der Waals surface area contributed by atoms with E-state index < -0.39 is 11.7 Å². The minimum atomic E-state index is -0.497. The molecule has 0 bridgehead atoms. The molecule has 0 spiro atoms. The van der Waals surface area contributed by atoms with Crippen LogP contribution in [0.15, 0.2) is 0 Å². The van der Waals surface area contributed by atoms with Crippen molar-refractivity contribution in [2.45, 2.75) is 92.5 Å². The zero-order chi connectivity index (χ0) is 15.9. The molecule has 0 N–H and O–H groups in total. The highest BCUT2D eigenvalue weighted by molar-refractivity contribution is 5.74. The maximum absolute atomic E-state index is 11.8. The summed E-state index contributed by atoms with van der Waals surface area (Å²) in [6.07, 6.45) is 2.92. The fraction of sp³-hybridized carbons (Fsp3) is 0.941. The zero-order valence-corrected chi connectivity index (χ0v) is 14.7. The monoisotopic (exact) mass is 286 g/mol. The van der Waals surface area contributed by atoms with Crippen LogP contribution in [0.25, 0.3) is 0 Å². The Kier molecular flexibility index (Phi) is 8.41. The number of rotatable bonds is 8. The van der Waals surface area contributed by atoms with E-state index >= 15 is 0 Å². The summed E-state index contributed by atoms with van der Waals surface area (Å²) in [7, 11) is 0. The molecule has 0 aromatic rings. The maximum atomic E-state index is 11.8. The second-order valence-corrected chi connectivity index (χ2v) is 7.06. The molecular weight excluding hydrogens is 252 g/mol. The van der Waals surface area contributed by atoms with Gasteiger partial charge in [-0.2, -0.15) is 0 Å². The van der Waals surface area contributed by atoms with E-state index in [0.717, 1.165) is 18.8 Å². The van der Waals surface area contributed by atoms with Gasteiger partial charge < -0.3 is 9.47 Å². The number of carbonyl (C=O) groups is 1. The molecule has 0 heterocycles. The van der Waals surface area contributed by atoms with E-state index in [0.29, 0.717) is 5.92 Å². The Morgan fingerprint density at radius 3 is 2.00 bits per heavy atom. The van der Waals surface area contributed by atoms with Crippen molar-refractivity contribution in [3.63, 3.8) is 0 Å². The van der Waals surface area contributed by atoms with Crippen LogP contribution in [0.2, 0.25) is 0 Å².